The Morgan fingerprint density at radius 1 is 1.33 bits per heavy atom. The summed E-state index contributed by atoms with van der Waals surface area (Å²) in [6.45, 7) is 0.139. The van der Waals surface area contributed by atoms with Crippen molar-refractivity contribution in [3.63, 3.8) is 0 Å². The van der Waals surface area contributed by atoms with E-state index in [1.807, 2.05) is 30.5 Å². The van der Waals surface area contributed by atoms with Crippen molar-refractivity contribution in [2.24, 2.45) is 0 Å². The Hall–Kier alpha value is -2.84. The third-order valence-corrected chi connectivity index (χ3v) is 4.62. The Morgan fingerprint density at radius 3 is 2.81 bits per heavy atom. The van der Waals surface area contributed by atoms with E-state index in [0.29, 0.717) is 16.9 Å². The second-order valence-electron chi connectivity index (χ2n) is 5.68. The lowest BCUT2D eigenvalue weighted by atomic mass is 10.1. The molecule has 0 N–H and O–H groups in total. The van der Waals surface area contributed by atoms with E-state index in [2.05, 4.69) is 0 Å². The van der Waals surface area contributed by atoms with Crippen LogP contribution in [0.15, 0.2) is 47.4 Å². The van der Waals surface area contributed by atoms with E-state index in [9.17, 15) is 14.9 Å². The number of carbonyl (C=O) groups excluding carboxylic acids is 1. The highest BCUT2D eigenvalue weighted by Crippen LogP contribution is 2.33. The van der Waals surface area contributed by atoms with Crippen LogP contribution in [0.2, 0.25) is 0 Å². The zero-order valence-corrected chi connectivity index (χ0v) is 15.4. The average Bonchev–Trinajstić information content (AvgIpc) is 2.70. The predicted octanol–water partition coefficient (Wildman–Crippen LogP) is 3.94. The molecule has 1 aliphatic rings. The minimum absolute atomic E-state index is 0.0533. The molecule has 140 valence electrons. The van der Waals surface area contributed by atoms with E-state index < -0.39 is 10.9 Å². The van der Waals surface area contributed by atoms with Gasteiger partial charge in [0.05, 0.1) is 11.5 Å². The van der Waals surface area contributed by atoms with Crippen LogP contribution in [0.5, 0.6) is 5.75 Å². The second-order valence-corrected chi connectivity index (χ2v) is 6.55. The first-order valence-electron chi connectivity index (χ1n) is 8.06. The van der Waals surface area contributed by atoms with Crippen molar-refractivity contribution in [1.82, 2.24) is 0 Å². The van der Waals surface area contributed by atoms with Gasteiger partial charge in [-0.15, -0.1) is 11.8 Å². The standard InChI is InChI=1S/C19H17NO6S/c1-27-17-5-2-13(3-6-17)4-7-18(21)25-11-15-9-16(20(22)23)8-14-10-24-12-26-19(14)15/h2-9H,10-12H2,1H3/b7-4+. The van der Waals surface area contributed by atoms with E-state index in [-0.39, 0.29) is 25.7 Å². The molecule has 0 bridgehead atoms. The monoisotopic (exact) mass is 387 g/mol. The number of nitro benzene ring substituents is 1. The van der Waals surface area contributed by atoms with Gasteiger partial charge in [0, 0.05) is 34.2 Å². The van der Waals surface area contributed by atoms with E-state index in [1.165, 1.54) is 18.2 Å². The smallest absolute Gasteiger partial charge is 0.331 e. The molecule has 8 heteroatoms. The van der Waals surface area contributed by atoms with Crippen molar-refractivity contribution < 1.29 is 23.9 Å². The number of thioether (sulfide) groups is 1. The van der Waals surface area contributed by atoms with Crippen molar-refractivity contribution in [2.45, 2.75) is 18.1 Å². The fourth-order valence-electron chi connectivity index (χ4n) is 2.57. The predicted molar refractivity (Wildman–Crippen MR) is 100 cm³/mol. The number of hydrogen-bond acceptors (Lipinski definition) is 7. The third-order valence-electron chi connectivity index (χ3n) is 3.88. The summed E-state index contributed by atoms with van der Waals surface area (Å²) in [6.07, 6.45) is 4.96. The van der Waals surface area contributed by atoms with Crippen molar-refractivity contribution in [2.75, 3.05) is 13.0 Å². The minimum Gasteiger partial charge on any atom is -0.467 e. The van der Waals surface area contributed by atoms with Crippen LogP contribution in [0, 0.1) is 10.1 Å². The molecule has 27 heavy (non-hydrogen) atoms. The van der Waals surface area contributed by atoms with Gasteiger partial charge in [-0.2, -0.15) is 0 Å². The van der Waals surface area contributed by atoms with Crippen LogP contribution in [0.1, 0.15) is 16.7 Å². The highest BCUT2D eigenvalue weighted by Gasteiger charge is 2.21. The molecule has 0 saturated heterocycles. The first-order valence-corrected chi connectivity index (χ1v) is 9.29. The molecule has 0 aromatic heterocycles. The number of benzene rings is 2. The van der Waals surface area contributed by atoms with Gasteiger partial charge in [-0.25, -0.2) is 4.79 Å². The fourth-order valence-corrected chi connectivity index (χ4v) is 2.98. The number of nitro groups is 1. The number of esters is 1. The number of rotatable bonds is 6. The summed E-state index contributed by atoms with van der Waals surface area (Å²) in [5, 5.41) is 11.1. The Labute approximate surface area is 160 Å². The van der Waals surface area contributed by atoms with Crippen LogP contribution in [0.4, 0.5) is 5.69 Å². The van der Waals surface area contributed by atoms with Gasteiger partial charge in [-0.1, -0.05) is 12.1 Å². The highest BCUT2D eigenvalue weighted by molar-refractivity contribution is 7.98. The topological polar surface area (TPSA) is 87.9 Å². The van der Waals surface area contributed by atoms with Crippen molar-refractivity contribution in [1.29, 1.82) is 0 Å². The maximum atomic E-state index is 12.0. The van der Waals surface area contributed by atoms with Crippen LogP contribution >= 0.6 is 11.8 Å². The molecule has 0 unspecified atom stereocenters. The van der Waals surface area contributed by atoms with E-state index >= 15 is 0 Å². The van der Waals surface area contributed by atoms with Crippen LogP contribution in [0.3, 0.4) is 0 Å². The van der Waals surface area contributed by atoms with Crippen LogP contribution in [0.25, 0.3) is 6.08 Å². The molecule has 0 amide bonds. The van der Waals surface area contributed by atoms with Gasteiger partial charge in [-0.3, -0.25) is 10.1 Å². The Kier molecular flexibility index (Phi) is 6.10. The second kappa shape index (κ2) is 8.70. The summed E-state index contributed by atoms with van der Waals surface area (Å²) in [5.41, 5.74) is 1.77. The number of nitrogens with zero attached hydrogens (tertiary/aromatic N) is 1. The molecule has 1 heterocycles. The summed E-state index contributed by atoms with van der Waals surface area (Å²) in [7, 11) is 0. The number of carbonyl (C=O) groups is 1. The quantitative estimate of drug-likeness (QED) is 0.244. The molecule has 0 atom stereocenters. The van der Waals surface area contributed by atoms with Crippen LogP contribution < -0.4 is 4.74 Å². The molecule has 1 aliphatic heterocycles. The Morgan fingerprint density at radius 2 is 2.11 bits per heavy atom. The zero-order chi connectivity index (χ0) is 19.2. The highest BCUT2D eigenvalue weighted by atomic mass is 32.2. The molecule has 2 aromatic carbocycles. The van der Waals surface area contributed by atoms with Crippen molar-refractivity contribution >= 4 is 29.5 Å². The van der Waals surface area contributed by atoms with Gasteiger partial charge < -0.3 is 14.2 Å². The first kappa shape index (κ1) is 18.9. The fraction of sp³-hybridized carbons (Fsp3) is 0.211. The molecule has 0 aliphatic carbocycles. The van der Waals surface area contributed by atoms with Crippen LogP contribution in [-0.4, -0.2) is 23.9 Å². The Balaban J connectivity index is 1.68. The van der Waals surface area contributed by atoms with Gasteiger partial charge >= 0.3 is 5.97 Å². The molecule has 0 saturated carbocycles. The summed E-state index contributed by atoms with van der Waals surface area (Å²) in [6, 6.07) is 10.5. The maximum Gasteiger partial charge on any atom is 0.331 e. The largest absolute Gasteiger partial charge is 0.467 e. The van der Waals surface area contributed by atoms with Gasteiger partial charge in [0.25, 0.3) is 5.69 Å². The van der Waals surface area contributed by atoms with Gasteiger partial charge in [0.2, 0.25) is 0 Å². The summed E-state index contributed by atoms with van der Waals surface area (Å²) in [4.78, 5) is 23.7. The van der Waals surface area contributed by atoms with Gasteiger partial charge in [0.1, 0.15) is 12.4 Å². The lowest BCUT2D eigenvalue weighted by Crippen LogP contribution is -2.14. The number of fused-ring (bicyclic) bond motifs is 1. The molecule has 7 nitrogen and oxygen atoms in total. The molecule has 0 radical (unpaired) electrons. The average molecular weight is 387 g/mol. The molecular weight excluding hydrogens is 370 g/mol. The first-order chi connectivity index (χ1) is 13.1. The maximum absolute atomic E-state index is 12.0. The van der Waals surface area contributed by atoms with Crippen LogP contribution in [-0.2, 0) is 27.5 Å². The normalized spacial score (nSPS) is 13.1. The lowest BCUT2D eigenvalue weighted by Gasteiger charge is -2.20. The summed E-state index contributed by atoms with van der Waals surface area (Å²) in [5.74, 6) is -0.0763. The summed E-state index contributed by atoms with van der Waals surface area (Å²) >= 11 is 1.64. The Bertz CT molecular complexity index is 879. The zero-order valence-electron chi connectivity index (χ0n) is 14.5. The summed E-state index contributed by atoms with van der Waals surface area (Å²) < 4.78 is 15.8. The van der Waals surface area contributed by atoms with Gasteiger partial charge in [0.15, 0.2) is 6.79 Å². The number of non-ortho nitro benzene ring substituents is 1. The van der Waals surface area contributed by atoms with Crippen molar-refractivity contribution in [3.8, 4) is 5.75 Å². The van der Waals surface area contributed by atoms with Gasteiger partial charge in [-0.05, 0) is 30.0 Å². The number of hydrogen-bond donors (Lipinski definition) is 0. The molecular formula is C19H17NO6S. The molecule has 0 fully saturated rings. The van der Waals surface area contributed by atoms with E-state index in [4.69, 9.17) is 14.2 Å². The SMILES string of the molecule is CSc1ccc(/C=C/C(=O)OCc2cc([N+](=O)[O-])cc3c2OCOC3)cc1. The lowest BCUT2D eigenvalue weighted by molar-refractivity contribution is -0.385. The molecule has 0 spiro atoms. The minimum atomic E-state index is -0.545. The van der Waals surface area contributed by atoms with E-state index in [1.54, 1.807) is 17.8 Å². The molecule has 3 rings (SSSR count). The molecule has 2 aromatic rings. The number of ether oxygens (including phenoxy) is 3. The van der Waals surface area contributed by atoms with E-state index in [0.717, 1.165) is 10.5 Å². The van der Waals surface area contributed by atoms with Crippen molar-refractivity contribution in [3.05, 3.63) is 69.3 Å². The third kappa shape index (κ3) is 4.87.